The summed E-state index contributed by atoms with van der Waals surface area (Å²) in [6.45, 7) is 3.49. The zero-order chi connectivity index (χ0) is 11.1. The molecule has 0 radical (unpaired) electrons. The molecule has 7 heteroatoms. The van der Waals surface area contributed by atoms with E-state index in [9.17, 15) is 9.59 Å². The number of hydrogen-bond acceptors (Lipinski definition) is 5. The van der Waals surface area contributed by atoms with E-state index in [4.69, 9.17) is 4.74 Å². The minimum Gasteiger partial charge on any atom is -0.465 e. The van der Waals surface area contributed by atoms with Crippen LogP contribution in [0.1, 0.15) is 6.92 Å². The fourth-order valence-corrected chi connectivity index (χ4v) is 1.01. The molecule has 1 aliphatic heterocycles. The molecule has 0 atom stereocenters. The van der Waals surface area contributed by atoms with Gasteiger partial charge in [-0.1, -0.05) is 0 Å². The summed E-state index contributed by atoms with van der Waals surface area (Å²) in [6.07, 6.45) is 0.123. The normalized spacial score (nSPS) is 14.6. The Morgan fingerprint density at radius 1 is 1.44 bits per heavy atom. The molecule has 0 aliphatic carbocycles. The van der Waals surface area contributed by atoms with E-state index in [2.05, 4.69) is 15.4 Å². The van der Waals surface area contributed by atoms with Crippen LogP contribution in [0.2, 0.25) is 0 Å². The number of amides is 1. The molecule has 0 aromatic carbocycles. The van der Waals surface area contributed by atoms with E-state index in [0.717, 1.165) is 13.1 Å². The van der Waals surface area contributed by atoms with Gasteiger partial charge in [-0.25, -0.2) is 0 Å². The molecule has 1 fully saturated rings. The van der Waals surface area contributed by atoms with Crippen LogP contribution < -0.4 is 10.6 Å². The van der Waals surface area contributed by atoms with Crippen molar-refractivity contribution in [3.8, 4) is 0 Å². The Labute approximate surface area is 100 Å². The van der Waals surface area contributed by atoms with Crippen LogP contribution in [0.5, 0.6) is 0 Å². The highest BCUT2D eigenvalue weighted by atomic mass is 35.5. The standard InChI is InChI=1S/C9H16N2O4.ClH/c1-2-14-9(13)5-11-8(12)6-15-7-3-10-4-7;/h7,10H,2-6H2,1H3,(H,11,12);1H. The van der Waals surface area contributed by atoms with Crippen molar-refractivity contribution in [3.05, 3.63) is 0 Å². The van der Waals surface area contributed by atoms with E-state index in [1.807, 2.05) is 0 Å². The van der Waals surface area contributed by atoms with E-state index in [-0.39, 0.29) is 37.6 Å². The summed E-state index contributed by atoms with van der Waals surface area (Å²) in [7, 11) is 0. The van der Waals surface area contributed by atoms with Gasteiger partial charge in [0.2, 0.25) is 5.91 Å². The SMILES string of the molecule is CCOC(=O)CNC(=O)COC1CNC1.Cl. The van der Waals surface area contributed by atoms with Crippen molar-refractivity contribution < 1.29 is 19.1 Å². The molecule has 1 aliphatic rings. The molecule has 1 rings (SSSR count). The molecule has 0 aromatic rings. The molecule has 0 unspecified atom stereocenters. The number of carbonyl (C=O) groups is 2. The average molecular weight is 253 g/mol. The third-order valence-electron chi connectivity index (χ3n) is 1.93. The molecule has 2 N–H and O–H groups in total. The molecule has 0 saturated carbocycles. The van der Waals surface area contributed by atoms with E-state index in [1.54, 1.807) is 6.92 Å². The molecule has 0 spiro atoms. The maximum absolute atomic E-state index is 11.1. The van der Waals surface area contributed by atoms with Crippen LogP contribution in [0.4, 0.5) is 0 Å². The smallest absolute Gasteiger partial charge is 0.325 e. The Hall–Kier alpha value is -0.850. The maximum atomic E-state index is 11.1. The van der Waals surface area contributed by atoms with E-state index in [1.165, 1.54) is 0 Å². The van der Waals surface area contributed by atoms with Crippen LogP contribution in [-0.2, 0) is 19.1 Å². The summed E-state index contributed by atoms with van der Waals surface area (Å²) < 4.78 is 9.85. The lowest BCUT2D eigenvalue weighted by Crippen LogP contribution is -2.49. The molecular formula is C9H17ClN2O4. The third kappa shape index (κ3) is 5.89. The summed E-state index contributed by atoms with van der Waals surface area (Å²) in [4.78, 5) is 22.0. The highest BCUT2D eigenvalue weighted by Gasteiger charge is 2.18. The third-order valence-corrected chi connectivity index (χ3v) is 1.93. The van der Waals surface area contributed by atoms with Crippen molar-refractivity contribution in [2.24, 2.45) is 0 Å². The average Bonchev–Trinajstić information content (AvgIpc) is 2.13. The Balaban J connectivity index is 0.00000225. The van der Waals surface area contributed by atoms with Gasteiger partial charge in [-0.15, -0.1) is 12.4 Å². The molecule has 0 bridgehead atoms. The Morgan fingerprint density at radius 3 is 2.62 bits per heavy atom. The fraction of sp³-hybridized carbons (Fsp3) is 0.778. The first kappa shape index (κ1) is 15.2. The quantitative estimate of drug-likeness (QED) is 0.598. The Kier molecular flexibility index (Phi) is 7.88. The van der Waals surface area contributed by atoms with Gasteiger partial charge in [0, 0.05) is 13.1 Å². The van der Waals surface area contributed by atoms with E-state index in [0.29, 0.717) is 6.61 Å². The van der Waals surface area contributed by atoms with Crippen LogP contribution in [0.3, 0.4) is 0 Å². The van der Waals surface area contributed by atoms with Gasteiger partial charge in [-0.2, -0.15) is 0 Å². The molecule has 1 heterocycles. The monoisotopic (exact) mass is 252 g/mol. The molecule has 94 valence electrons. The van der Waals surface area contributed by atoms with Crippen molar-refractivity contribution in [2.45, 2.75) is 13.0 Å². The van der Waals surface area contributed by atoms with Crippen molar-refractivity contribution in [1.82, 2.24) is 10.6 Å². The Bertz CT molecular complexity index is 234. The zero-order valence-electron chi connectivity index (χ0n) is 9.15. The van der Waals surface area contributed by atoms with Gasteiger partial charge in [-0.05, 0) is 6.92 Å². The number of esters is 1. The van der Waals surface area contributed by atoms with Crippen LogP contribution in [-0.4, -0.2) is 50.8 Å². The highest BCUT2D eigenvalue weighted by Crippen LogP contribution is 1.96. The lowest BCUT2D eigenvalue weighted by atomic mass is 10.2. The number of ether oxygens (including phenoxy) is 2. The number of nitrogens with one attached hydrogen (secondary N) is 2. The van der Waals surface area contributed by atoms with Gasteiger partial charge in [0.05, 0.1) is 12.7 Å². The minimum absolute atomic E-state index is 0. The van der Waals surface area contributed by atoms with E-state index >= 15 is 0 Å². The van der Waals surface area contributed by atoms with Crippen molar-refractivity contribution >= 4 is 24.3 Å². The minimum atomic E-state index is -0.434. The first-order valence-electron chi connectivity index (χ1n) is 4.97. The van der Waals surface area contributed by atoms with E-state index < -0.39 is 5.97 Å². The van der Waals surface area contributed by atoms with Gasteiger partial charge < -0.3 is 20.1 Å². The predicted molar refractivity (Wildman–Crippen MR) is 59.5 cm³/mol. The topological polar surface area (TPSA) is 76.7 Å². The van der Waals surface area contributed by atoms with Crippen molar-refractivity contribution in [2.75, 3.05) is 32.8 Å². The zero-order valence-corrected chi connectivity index (χ0v) is 9.97. The second-order valence-electron chi connectivity index (χ2n) is 3.17. The highest BCUT2D eigenvalue weighted by molar-refractivity contribution is 5.85. The molecule has 16 heavy (non-hydrogen) atoms. The largest absolute Gasteiger partial charge is 0.465 e. The van der Waals surface area contributed by atoms with Gasteiger partial charge in [0.25, 0.3) is 0 Å². The van der Waals surface area contributed by atoms with Crippen molar-refractivity contribution in [3.63, 3.8) is 0 Å². The van der Waals surface area contributed by atoms with Crippen LogP contribution in [0.25, 0.3) is 0 Å². The van der Waals surface area contributed by atoms with Crippen LogP contribution >= 0.6 is 12.4 Å². The first-order valence-corrected chi connectivity index (χ1v) is 4.97. The predicted octanol–water partition coefficient (Wildman–Crippen LogP) is -0.924. The van der Waals surface area contributed by atoms with Crippen molar-refractivity contribution in [1.29, 1.82) is 0 Å². The van der Waals surface area contributed by atoms with Gasteiger partial charge in [0.1, 0.15) is 13.2 Å². The van der Waals surface area contributed by atoms with Crippen LogP contribution in [0.15, 0.2) is 0 Å². The summed E-state index contributed by atoms with van der Waals surface area (Å²) in [6, 6.07) is 0. The number of halogens is 1. The lowest BCUT2D eigenvalue weighted by Gasteiger charge is -2.26. The van der Waals surface area contributed by atoms with Gasteiger partial charge in [0.15, 0.2) is 0 Å². The summed E-state index contributed by atoms with van der Waals surface area (Å²) in [5.41, 5.74) is 0. The summed E-state index contributed by atoms with van der Waals surface area (Å²) in [5.74, 6) is -0.730. The molecule has 1 saturated heterocycles. The molecule has 0 aromatic heterocycles. The summed E-state index contributed by atoms with van der Waals surface area (Å²) in [5, 5.41) is 5.43. The van der Waals surface area contributed by atoms with Gasteiger partial charge in [-0.3, -0.25) is 9.59 Å². The van der Waals surface area contributed by atoms with Gasteiger partial charge >= 0.3 is 5.97 Å². The molecular weight excluding hydrogens is 236 g/mol. The number of carbonyl (C=O) groups excluding carboxylic acids is 2. The second-order valence-corrected chi connectivity index (χ2v) is 3.17. The number of hydrogen-bond donors (Lipinski definition) is 2. The first-order chi connectivity index (χ1) is 7.22. The summed E-state index contributed by atoms with van der Waals surface area (Å²) >= 11 is 0. The molecule has 6 nitrogen and oxygen atoms in total. The molecule has 1 amide bonds. The number of rotatable bonds is 6. The van der Waals surface area contributed by atoms with Crippen LogP contribution in [0, 0.1) is 0 Å². The lowest BCUT2D eigenvalue weighted by molar-refractivity contribution is -0.144. The second kappa shape index (κ2) is 8.32. The fourth-order valence-electron chi connectivity index (χ4n) is 1.01. The Morgan fingerprint density at radius 2 is 2.12 bits per heavy atom. The maximum Gasteiger partial charge on any atom is 0.325 e.